The van der Waals surface area contributed by atoms with Gasteiger partial charge in [-0.25, -0.2) is 9.69 Å². The summed E-state index contributed by atoms with van der Waals surface area (Å²) in [7, 11) is 0. The van der Waals surface area contributed by atoms with E-state index >= 15 is 0 Å². The van der Waals surface area contributed by atoms with E-state index in [0.29, 0.717) is 16.7 Å². The van der Waals surface area contributed by atoms with Gasteiger partial charge in [-0.1, -0.05) is 48.5 Å². The van der Waals surface area contributed by atoms with Gasteiger partial charge in [-0.15, -0.1) is 0 Å². The predicted molar refractivity (Wildman–Crippen MR) is 110 cm³/mol. The second-order valence-corrected chi connectivity index (χ2v) is 6.82. The van der Waals surface area contributed by atoms with Crippen LogP contribution in [-0.4, -0.2) is 29.7 Å². The second-order valence-electron chi connectivity index (χ2n) is 6.82. The van der Waals surface area contributed by atoms with Crippen LogP contribution in [-0.2, 0) is 4.74 Å². The number of hydrogen-bond acceptors (Lipinski definition) is 5. The lowest BCUT2D eigenvalue weighted by atomic mass is 10.1. The summed E-state index contributed by atoms with van der Waals surface area (Å²) in [5, 5.41) is 0. The Morgan fingerprint density at radius 2 is 1.33 bits per heavy atom. The summed E-state index contributed by atoms with van der Waals surface area (Å²) in [5.41, 5.74) is 1.47. The zero-order chi connectivity index (χ0) is 21.3. The lowest BCUT2D eigenvalue weighted by Gasteiger charge is -2.16. The number of hydrogen-bond donors (Lipinski definition) is 0. The zero-order valence-corrected chi connectivity index (χ0v) is 16.1. The smallest absolute Gasteiger partial charge is 0.338 e. The highest BCUT2D eigenvalue weighted by atomic mass is 16.5. The minimum Gasteiger partial charge on any atom is -0.451 e. The summed E-state index contributed by atoms with van der Waals surface area (Å²) in [6, 6.07) is 21.1. The van der Waals surface area contributed by atoms with Crippen molar-refractivity contribution in [2.24, 2.45) is 0 Å². The van der Waals surface area contributed by atoms with Gasteiger partial charge in [-0.3, -0.25) is 14.4 Å². The first kappa shape index (κ1) is 19.3. The number of benzene rings is 3. The van der Waals surface area contributed by atoms with Crippen molar-refractivity contribution in [2.75, 3.05) is 4.90 Å². The summed E-state index contributed by atoms with van der Waals surface area (Å²) in [6.07, 6.45) is -0.983. The number of Topliss-reactive ketones (excluding diaryl/α,β-unsaturated/α-hetero) is 1. The number of esters is 1. The van der Waals surface area contributed by atoms with E-state index in [1.807, 2.05) is 0 Å². The molecule has 0 aliphatic carbocycles. The molecule has 0 bridgehead atoms. The summed E-state index contributed by atoms with van der Waals surface area (Å²) >= 11 is 0. The monoisotopic (exact) mass is 399 g/mol. The summed E-state index contributed by atoms with van der Waals surface area (Å²) in [4.78, 5) is 51.3. The molecule has 0 unspecified atom stereocenters. The summed E-state index contributed by atoms with van der Waals surface area (Å²) in [5.74, 6) is -1.94. The quantitative estimate of drug-likeness (QED) is 0.369. The molecule has 3 aromatic carbocycles. The number of ether oxygens (including phenoxy) is 1. The van der Waals surface area contributed by atoms with E-state index in [1.54, 1.807) is 66.7 Å². The molecule has 0 spiro atoms. The molecule has 1 aliphatic rings. The molecule has 3 aromatic rings. The number of anilines is 1. The van der Waals surface area contributed by atoms with Gasteiger partial charge < -0.3 is 4.74 Å². The van der Waals surface area contributed by atoms with Gasteiger partial charge in [0.15, 0.2) is 6.10 Å². The molecule has 0 radical (unpaired) electrons. The summed E-state index contributed by atoms with van der Waals surface area (Å²) < 4.78 is 5.31. The molecule has 148 valence electrons. The number of nitrogens with zero attached hydrogens (tertiary/aromatic N) is 1. The minimum absolute atomic E-state index is 0.136. The molecule has 4 rings (SSSR count). The Balaban J connectivity index is 1.54. The van der Waals surface area contributed by atoms with Gasteiger partial charge in [0.2, 0.25) is 5.78 Å². The van der Waals surface area contributed by atoms with Crippen molar-refractivity contribution in [3.8, 4) is 0 Å². The summed E-state index contributed by atoms with van der Waals surface area (Å²) in [6.45, 7) is 1.50. The number of fused-ring (bicyclic) bond motifs is 1. The standard InChI is InChI=1S/C24H17NO5/c1-15(21(26)16-8-3-2-4-9-16)30-24(29)17-10-7-11-18(14-17)25-22(27)19-12-5-6-13-20(19)23(25)28/h2-15H,1H3/t15-/m1/s1. The van der Waals surface area contributed by atoms with E-state index in [1.165, 1.54) is 19.1 Å². The lowest BCUT2D eigenvalue weighted by molar-refractivity contribution is 0.0318. The lowest BCUT2D eigenvalue weighted by Crippen LogP contribution is -2.29. The highest BCUT2D eigenvalue weighted by Gasteiger charge is 2.36. The van der Waals surface area contributed by atoms with Crippen LogP contribution in [0.5, 0.6) is 0 Å². The first-order valence-corrected chi connectivity index (χ1v) is 9.35. The van der Waals surface area contributed by atoms with Crippen LogP contribution in [0.25, 0.3) is 0 Å². The minimum atomic E-state index is -0.983. The van der Waals surface area contributed by atoms with E-state index < -0.39 is 23.9 Å². The largest absolute Gasteiger partial charge is 0.451 e. The molecule has 2 amide bonds. The second kappa shape index (κ2) is 7.75. The zero-order valence-electron chi connectivity index (χ0n) is 16.1. The average Bonchev–Trinajstić information content (AvgIpc) is 3.04. The molecule has 30 heavy (non-hydrogen) atoms. The Bertz CT molecular complexity index is 1130. The van der Waals surface area contributed by atoms with E-state index in [0.717, 1.165) is 4.90 Å². The molecule has 1 aliphatic heterocycles. The highest BCUT2D eigenvalue weighted by molar-refractivity contribution is 6.34. The first-order valence-electron chi connectivity index (χ1n) is 9.35. The Kier molecular flexibility index (Phi) is 4.98. The van der Waals surface area contributed by atoms with Crippen molar-refractivity contribution in [2.45, 2.75) is 13.0 Å². The molecule has 0 fully saturated rings. The fourth-order valence-corrected chi connectivity index (χ4v) is 3.31. The SMILES string of the molecule is C[C@@H](OC(=O)c1cccc(N2C(=O)c3ccccc3C2=O)c1)C(=O)c1ccccc1. The number of carbonyl (C=O) groups excluding carboxylic acids is 4. The molecule has 6 nitrogen and oxygen atoms in total. The van der Waals surface area contributed by atoms with Crippen LogP contribution in [0.1, 0.15) is 48.4 Å². The van der Waals surface area contributed by atoms with Crippen molar-refractivity contribution in [3.63, 3.8) is 0 Å². The van der Waals surface area contributed by atoms with Gasteiger partial charge in [0.1, 0.15) is 0 Å². The molecule has 0 saturated carbocycles. The maximum atomic E-state index is 12.7. The Hall–Kier alpha value is -4.06. The van der Waals surface area contributed by atoms with Gasteiger partial charge in [0.05, 0.1) is 22.4 Å². The molecule has 0 N–H and O–H groups in total. The predicted octanol–water partition coefficient (Wildman–Crippen LogP) is 3.92. The normalized spacial score (nSPS) is 13.7. The van der Waals surface area contributed by atoms with E-state index in [-0.39, 0.29) is 17.0 Å². The number of rotatable bonds is 5. The third-order valence-corrected chi connectivity index (χ3v) is 4.85. The van der Waals surface area contributed by atoms with Crippen LogP contribution in [0.15, 0.2) is 78.9 Å². The molecule has 6 heteroatoms. The molecule has 1 heterocycles. The van der Waals surface area contributed by atoms with E-state index in [2.05, 4.69) is 0 Å². The molecule has 0 aromatic heterocycles. The molecule has 0 saturated heterocycles. The topological polar surface area (TPSA) is 80.8 Å². The number of carbonyl (C=O) groups is 4. The third-order valence-electron chi connectivity index (χ3n) is 4.85. The highest BCUT2D eigenvalue weighted by Crippen LogP contribution is 2.29. The molecular weight excluding hydrogens is 382 g/mol. The van der Waals surface area contributed by atoms with E-state index in [4.69, 9.17) is 4.74 Å². The van der Waals surface area contributed by atoms with Crippen LogP contribution in [0, 0.1) is 0 Å². The van der Waals surface area contributed by atoms with Gasteiger partial charge in [0, 0.05) is 5.56 Å². The van der Waals surface area contributed by atoms with E-state index in [9.17, 15) is 19.2 Å². The number of ketones is 1. The maximum absolute atomic E-state index is 12.7. The van der Waals surface area contributed by atoms with Crippen LogP contribution in [0.2, 0.25) is 0 Å². The van der Waals surface area contributed by atoms with Crippen molar-refractivity contribution < 1.29 is 23.9 Å². The van der Waals surface area contributed by atoms with Crippen molar-refractivity contribution in [1.82, 2.24) is 0 Å². The Morgan fingerprint density at radius 1 is 0.767 bits per heavy atom. The average molecular weight is 399 g/mol. The number of imide groups is 1. The maximum Gasteiger partial charge on any atom is 0.338 e. The van der Waals surface area contributed by atoms with Crippen molar-refractivity contribution in [1.29, 1.82) is 0 Å². The fraction of sp³-hybridized carbons (Fsp3) is 0.0833. The van der Waals surface area contributed by atoms with Gasteiger partial charge in [-0.2, -0.15) is 0 Å². The van der Waals surface area contributed by atoms with Crippen LogP contribution in [0.4, 0.5) is 5.69 Å². The number of amides is 2. The van der Waals surface area contributed by atoms with Crippen LogP contribution < -0.4 is 4.90 Å². The van der Waals surface area contributed by atoms with Gasteiger partial charge in [0.25, 0.3) is 11.8 Å². The van der Waals surface area contributed by atoms with Crippen molar-refractivity contribution >= 4 is 29.3 Å². The molecular formula is C24H17NO5. The third kappa shape index (κ3) is 3.39. The van der Waals surface area contributed by atoms with Crippen LogP contribution in [0.3, 0.4) is 0 Å². The Morgan fingerprint density at radius 3 is 1.97 bits per heavy atom. The first-order chi connectivity index (χ1) is 14.5. The van der Waals surface area contributed by atoms with Gasteiger partial charge in [-0.05, 0) is 37.3 Å². The van der Waals surface area contributed by atoms with Crippen molar-refractivity contribution in [3.05, 3.63) is 101 Å². The Labute approximate surface area is 172 Å². The van der Waals surface area contributed by atoms with Gasteiger partial charge >= 0.3 is 5.97 Å². The van der Waals surface area contributed by atoms with Crippen LogP contribution >= 0.6 is 0 Å². The fourth-order valence-electron chi connectivity index (χ4n) is 3.31. The molecule has 1 atom stereocenters.